The number of alkyl halides is 1. The Balaban J connectivity index is 1.77. The van der Waals surface area contributed by atoms with Crippen LogP contribution in [0.5, 0.6) is 0 Å². The Labute approximate surface area is 95.8 Å². The van der Waals surface area contributed by atoms with Gasteiger partial charge in [0.1, 0.15) is 0 Å². The van der Waals surface area contributed by atoms with Crippen LogP contribution in [0.1, 0.15) is 25.7 Å². The lowest BCUT2D eigenvalue weighted by Gasteiger charge is -2.27. The summed E-state index contributed by atoms with van der Waals surface area (Å²) in [5.74, 6) is 0.728. The number of rotatable bonds is 5. The smallest absolute Gasteiger partial charge is 0.0534 e. The van der Waals surface area contributed by atoms with Gasteiger partial charge in [0.2, 0.25) is 0 Å². The molecule has 1 aliphatic rings. The number of nitrogens with zero attached hydrogens (tertiary/aromatic N) is 2. The summed E-state index contributed by atoms with van der Waals surface area (Å²) in [5, 5.41) is 7.76. The molecule has 0 unspecified atom stereocenters. The molecular weight excluding hydrogens is 210 g/mol. The van der Waals surface area contributed by atoms with Crippen molar-refractivity contribution in [1.82, 2.24) is 15.1 Å². The zero-order valence-corrected chi connectivity index (χ0v) is 9.71. The maximum Gasteiger partial charge on any atom is 0.0534 e. The fourth-order valence-electron chi connectivity index (χ4n) is 2.28. The Morgan fingerprint density at radius 2 is 2.20 bits per heavy atom. The maximum atomic E-state index is 6.04. The number of nitrogens with one attached hydrogen (secondary N) is 1. The fraction of sp³-hybridized carbons (Fsp3) is 0.727. The lowest BCUT2D eigenvalue weighted by atomic mass is 10.0. The Kier molecular flexibility index (Phi) is 3.65. The van der Waals surface area contributed by atoms with Crippen LogP contribution in [0, 0.1) is 0 Å². The van der Waals surface area contributed by atoms with E-state index >= 15 is 0 Å². The average molecular weight is 228 g/mol. The third kappa shape index (κ3) is 2.73. The Morgan fingerprint density at radius 1 is 1.40 bits per heavy atom. The molecule has 0 bridgehead atoms. The summed E-state index contributed by atoms with van der Waals surface area (Å²) < 4.78 is 1.95. The molecule has 4 heteroatoms. The first-order chi connectivity index (χ1) is 7.35. The van der Waals surface area contributed by atoms with Crippen molar-refractivity contribution in [3.05, 3.63) is 18.5 Å². The van der Waals surface area contributed by atoms with Crippen LogP contribution in [0.25, 0.3) is 0 Å². The van der Waals surface area contributed by atoms with E-state index in [1.165, 1.54) is 25.7 Å². The van der Waals surface area contributed by atoms with Gasteiger partial charge in [-0.25, -0.2) is 0 Å². The first-order valence-corrected chi connectivity index (χ1v) is 6.17. The molecule has 1 aromatic rings. The molecule has 3 nitrogen and oxygen atoms in total. The lowest BCUT2D eigenvalue weighted by Crippen LogP contribution is -2.45. The standard InChI is InChI=1S/C11H18ClN3/c12-10-11(4-1-2-5-11)13-7-9-15-8-3-6-14-15/h3,6,8,13H,1-2,4-5,7,9-10H2. The fourth-order valence-corrected chi connectivity index (χ4v) is 2.64. The molecule has 0 aromatic carbocycles. The van der Waals surface area contributed by atoms with Gasteiger partial charge in [0, 0.05) is 30.4 Å². The van der Waals surface area contributed by atoms with E-state index in [4.69, 9.17) is 11.6 Å². The number of aromatic nitrogens is 2. The molecule has 0 saturated heterocycles. The highest BCUT2D eigenvalue weighted by atomic mass is 35.5. The Hall–Kier alpha value is -0.540. The molecule has 84 valence electrons. The molecule has 0 spiro atoms. The minimum absolute atomic E-state index is 0.203. The van der Waals surface area contributed by atoms with E-state index in [0.29, 0.717) is 0 Å². The number of halogens is 1. The molecule has 0 aliphatic heterocycles. The van der Waals surface area contributed by atoms with Crippen LogP contribution in [-0.2, 0) is 6.54 Å². The van der Waals surface area contributed by atoms with Gasteiger partial charge in [-0.1, -0.05) is 12.8 Å². The van der Waals surface area contributed by atoms with Crippen LogP contribution in [-0.4, -0.2) is 27.7 Å². The summed E-state index contributed by atoms with van der Waals surface area (Å²) in [5.41, 5.74) is 0.203. The molecule has 2 rings (SSSR count). The molecule has 1 fully saturated rings. The third-order valence-electron chi connectivity index (χ3n) is 3.22. The normalized spacial score (nSPS) is 19.5. The molecule has 1 aromatic heterocycles. The quantitative estimate of drug-likeness (QED) is 0.781. The van der Waals surface area contributed by atoms with Crippen molar-refractivity contribution in [1.29, 1.82) is 0 Å². The van der Waals surface area contributed by atoms with E-state index in [-0.39, 0.29) is 5.54 Å². The summed E-state index contributed by atoms with van der Waals surface area (Å²) >= 11 is 6.04. The predicted octanol–water partition coefficient (Wildman–Crippen LogP) is 2.02. The summed E-state index contributed by atoms with van der Waals surface area (Å²) in [6.07, 6.45) is 8.85. The summed E-state index contributed by atoms with van der Waals surface area (Å²) in [7, 11) is 0. The maximum absolute atomic E-state index is 6.04. The van der Waals surface area contributed by atoms with Crippen LogP contribution in [0.15, 0.2) is 18.5 Å². The van der Waals surface area contributed by atoms with E-state index in [9.17, 15) is 0 Å². The van der Waals surface area contributed by atoms with E-state index in [0.717, 1.165) is 19.0 Å². The van der Waals surface area contributed by atoms with Crippen molar-refractivity contribution in [3.63, 3.8) is 0 Å². The lowest BCUT2D eigenvalue weighted by molar-refractivity contribution is 0.357. The summed E-state index contributed by atoms with van der Waals surface area (Å²) in [6, 6.07) is 1.95. The summed E-state index contributed by atoms with van der Waals surface area (Å²) in [6.45, 7) is 1.88. The molecule has 1 aliphatic carbocycles. The van der Waals surface area contributed by atoms with Crippen molar-refractivity contribution in [3.8, 4) is 0 Å². The third-order valence-corrected chi connectivity index (χ3v) is 3.73. The highest BCUT2D eigenvalue weighted by molar-refractivity contribution is 6.18. The van der Waals surface area contributed by atoms with Gasteiger partial charge >= 0.3 is 0 Å². The monoisotopic (exact) mass is 227 g/mol. The highest BCUT2D eigenvalue weighted by Crippen LogP contribution is 2.30. The van der Waals surface area contributed by atoms with E-state index in [1.54, 1.807) is 0 Å². The van der Waals surface area contributed by atoms with Crippen LogP contribution < -0.4 is 5.32 Å². The first-order valence-electron chi connectivity index (χ1n) is 5.63. The number of hydrogen-bond donors (Lipinski definition) is 1. The highest BCUT2D eigenvalue weighted by Gasteiger charge is 2.31. The molecule has 1 saturated carbocycles. The molecule has 0 atom stereocenters. The van der Waals surface area contributed by atoms with E-state index in [2.05, 4.69) is 10.4 Å². The van der Waals surface area contributed by atoms with Crippen molar-refractivity contribution in [2.75, 3.05) is 12.4 Å². The largest absolute Gasteiger partial charge is 0.308 e. The predicted molar refractivity (Wildman–Crippen MR) is 62.1 cm³/mol. The van der Waals surface area contributed by atoms with Gasteiger partial charge in [-0.15, -0.1) is 11.6 Å². The van der Waals surface area contributed by atoms with Crippen LogP contribution >= 0.6 is 11.6 Å². The van der Waals surface area contributed by atoms with Crippen molar-refractivity contribution >= 4 is 11.6 Å². The molecule has 0 radical (unpaired) electrons. The van der Waals surface area contributed by atoms with Crippen LogP contribution in [0.2, 0.25) is 0 Å². The van der Waals surface area contributed by atoms with Crippen molar-refractivity contribution in [2.24, 2.45) is 0 Å². The second-order valence-corrected chi connectivity index (χ2v) is 4.58. The minimum atomic E-state index is 0.203. The Morgan fingerprint density at radius 3 is 2.80 bits per heavy atom. The molecule has 1 N–H and O–H groups in total. The zero-order valence-electron chi connectivity index (χ0n) is 8.95. The molecular formula is C11H18ClN3. The molecule has 1 heterocycles. The summed E-state index contributed by atoms with van der Waals surface area (Å²) in [4.78, 5) is 0. The van der Waals surface area contributed by atoms with Crippen molar-refractivity contribution < 1.29 is 0 Å². The van der Waals surface area contributed by atoms with Crippen molar-refractivity contribution in [2.45, 2.75) is 37.8 Å². The van der Waals surface area contributed by atoms with Gasteiger partial charge < -0.3 is 5.32 Å². The van der Waals surface area contributed by atoms with Gasteiger partial charge in [0.25, 0.3) is 0 Å². The minimum Gasteiger partial charge on any atom is -0.308 e. The number of hydrogen-bond acceptors (Lipinski definition) is 2. The topological polar surface area (TPSA) is 29.9 Å². The van der Waals surface area contributed by atoms with Gasteiger partial charge in [-0.05, 0) is 18.9 Å². The first kappa shape index (κ1) is 11.0. The van der Waals surface area contributed by atoms with Gasteiger partial charge in [-0.3, -0.25) is 4.68 Å². The van der Waals surface area contributed by atoms with Gasteiger partial charge in [-0.2, -0.15) is 5.10 Å². The SMILES string of the molecule is ClCC1(NCCn2cccn2)CCCC1. The average Bonchev–Trinajstić information content (AvgIpc) is 2.89. The second-order valence-electron chi connectivity index (χ2n) is 4.32. The molecule has 15 heavy (non-hydrogen) atoms. The molecule has 0 amide bonds. The second kappa shape index (κ2) is 4.99. The van der Waals surface area contributed by atoms with Gasteiger partial charge in [0.15, 0.2) is 0 Å². The Bertz CT molecular complexity index is 278. The zero-order chi connectivity index (χ0) is 10.6. The van der Waals surface area contributed by atoms with E-state index in [1.807, 2.05) is 23.1 Å². The van der Waals surface area contributed by atoms with Crippen LogP contribution in [0.4, 0.5) is 0 Å². The van der Waals surface area contributed by atoms with E-state index < -0.39 is 0 Å². The van der Waals surface area contributed by atoms with Crippen LogP contribution in [0.3, 0.4) is 0 Å². The van der Waals surface area contributed by atoms with Gasteiger partial charge in [0.05, 0.1) is 6.54 Å².